The number of hydrogen-bond acceptors (Lipinski definition) is 5. The summed E-state index contributed by atoms with van der Waals surface area (Å²) in [6, 6.07) is 10.4. The third-order valence-electron chi connectivity index (χ3n) is 4.39. The highest BCUT2D eigenvalue weighted by Gasteiger charge is 2.19. The molecule has 0 unspecified atom stereocenters. The second kappa shape index (κ2) is 10.1. The molecular formula is C19H27N5OS. The quantitative estimate of drug-likeness (QED) is 0.437. The largest absolute Gasteiger partial charge is 0.381 e. The molecule has 140 valence electrons. The molecule has 0 amide bonds. The van der Waals surface area contributed by atoms with Gasteiger partial charge in [-0.2, -0.15) is 0 Å². The maximum Gasteiger partial charge on any atom is 0.191 e. The molecule has 6 nitrogen and oxygen atoms in total. The molecule has 0 bridgehead atoms. The van der Waals surface area contributed by atoms with Gasteiger partial charge in [-0.1, -0.05) is 30.3 Å². The standard InChI is InChI=1S/C19H27N5OS/c20-18(23-10-12-24(13-11-23)19-22-9-16-26-19)21-8-4-14-25-15-7-17-5-2-1-3-6-17/h1-3,5-6,9,16H,4,7-8,10-15H2,(H2,20,21). The Morgan fingerprint density at radius 1 is 1.15 bits per heavy atom. The number of aromatic nitrogens is 1. The lowest BCUT2D eigenvalue weighted by atomic mass is 10.2. The number of ether oxygens (including phenoxy) is 1. The summed E-state index contributed by atoms with van der Waals surface area (Å²) in [7, 11) is 0. The van der Waals surface area contributed by atoms with Crippen LogP contribution in [0.3, 0.4) is 0 Å². The summed E-state index contributed by atoms with van der Waals surface area (Å²) in [5, 5.41) is 3.10. The number of guanidine groups is 1. The number of aliphatic imine (C=N–C) groups is 1. The first kappa shape index (κ1) is 18.7. The molecule has 1 aliphatic rings. The number of nitrogens with two attached hydrogens (primary N) is 1. The van der Waals surface area contributed by atoms with E-state index in [1.54, 1.807) is 11.3 Å². The van der Waals surface area contributed by atoms with E-state index in [9.17, 15) is 0 Å². The van der Waals surface area contributed by atoms with Crippen LogP contribution < -0.4 is 10.6 Å². The van der Waals surface area contributed by atoms with Crippen molar-refractivity contribution in [1.29, 1.82) is 0 Å². The zero-order valence-corrected chi connectivity index (χ0v) is 15.9. The highest BCUT2D eigenvalue weighted by molar-refractivity contribution is 7.13. The number of anilines is 1. The third-order valence-corrected chi connectivity index (χ3v) is 5.22. The van der Waals surface area contributed by atoms with Gasteiger partial charge in [0.15, 0.2) is 11.1 Å². The molecule has 2 N–H and O–H groups in total. The Hall–Kier alpha value is -2.12. The molecule has 0 spiro atoms. The SMILES string of the molecule is NC(=NCCCOCCc1ccccc1)N1CCN(c2nccs2)CC1. The molecular weight excluding hydrogens is 346 g/mol. The molecule has 0 saturated carbocycles. The van der Waals surface area contributed by atoms with Crippen LogP contribution in [0.4, 0.5) is 5.13 Å². The third kappa shape index (κ3) is 5.71. The minimum Gasteiger partial charge on any atom is -0.381 e. The minimum atomic E-state index is 0.646. The number of piperazine rings is 1. The van der Waals surface area contributed by atoms with Crippen LogP contribution in [-0.4, -0.2) is 61.8 Å². The van der Waals surface area contributed by atoms with Crippen molar-refractivity contribution in [3.63, 3.8) is 0 Å². The average Bonchev–Trinajstić information content (AvgIpc) is 3.23. The molecule has 3 rings (SSSR count). The van der Waals surface area contributed by atoms with Crippen molar-refractivity contribution in [1.82, 2.24) is 9.88 Å². The van der Waals surface area contributed by atoms with Crippen LogP contribution in [0.15, 0.2) is 46.9 Å². The lowest BCUT2D eigenvalue weighted by molar-refractivity contribution is 0.136. The van der Waals surface area contributed by atoms with E-state index >= 15 is 0 Å². The van der Waals surface area contributed by atoms with E-state index in [0.717, 1.165) is 57.4 Å². The zero-order chi connectivity index (χ0) is 18.0. The fourth-order valence-corrected chi connectivity index (χ4v) is 3.59. The summed E-state index contributed by atoms with van der Waals surface area (Å²) in [6.45, 7) is 5.84. The minimum absolute atomic E-state index is 0.646. The van der Waals surface area contributed by atoms with E-state index in [2.05, 4.69) is 44.0 Å². The predicted molar refractivity (Wildman–Crippen MR) is 108 cm³/mol. The predicted octanol–water partition coefficient (Wildman–Crippen LogP) is 2.23. The van der Waals surface area contributed by atoms with Crippen LogP contribution >= 0.6 is 11.3 Å². The Bertz CT molecular complexity index is 654. The highest BCUT2D eigenvalue weighted by Crippen LogP contribution is 2.18. The zero-order valence-electron chi connectivity index (χ0n) is 15.1. The van der Waals surface area contributed by atoms with Crippen molar-refractivity contribution < 1.29 is 4.74 Å². The van der Waals surface area contributed by atoms with Gasteiger partial charge in [-0.3, -0.25) is 4.99 Å². The lowest BCUT2D eigenvalue weighted by Crippen LogP contribution is -2.51. The molecule has 26 heavy (non-hydrogen) atoms. The molecule has 7 heteroatoms. The van der Waals surface area contributed by atoms with Gasteiger partial charge in [-0.25, -0.2) is 4.98 Å². The summed E-state index contributed by atoms with van der Waals surface area (Å²) in [4.78, 5) is 13.3. The van der Waals surface area contributed by atoms with Gasteiger partial charge < -0.3 is 20.3 Å². The molecule has 0 radical (unpaired) electrons. The first-order chi connectivity index (χ1) is 12.8. The number of nitrogens with zero attached hydrogens (tertiary/aromatic N) is 4. The molecule has 1 aromatic carbocycles. The normalized spacial score (nSPS) is 15.5. The van der Waals surface area contributed by atoms with Gasteiger partial charge in [0, 0.05) is 50.9 Å². The first-order valence-corrected chi connectivity index (χ1v) is 10.0. The van der Waals surface area contributed by atoms with Crippen molar-refractivity contribution in [3.05, 3.63) is 47.5 Å². The summed E-state index contributed by atoms with van der Waals surface area (Å²) < 4.78 is 5.68. The smallest absolute Gasteiger partial charge is 0.191 e. The van der Waals surface area contributed by atoms with Crippen LogP contribution in [0.25, 0.3) is 0 Å². The molecule has 1 aliphatic heterocycles. The van der Waals surface area contributed by atoms with Crippen LogP contribution in [0.2, 0.25) is 0 Å². The van der Waals surface area contributed by atoms with Gasteiger partial charge in [-0.05, 0) is 18.4 Å². The van der Waals surface area contributed by atoms with Gasteiger partial charge >= 0.3 is 0 Å². The Labute approximate surface area is 159 Å². The Balaban J connectivity index is 1.27. The number of benzene rings is 1. The fraction of sp³-hybridized carbons (Fsp3) is 0.474. The number of rotatable bonds is 8. The summed E-state index contributed by atoms with van der Waals surface area (Å²) in [5.41, 5.74) is 7.44. The second-order valence-corrected chi connectivity index (χ2v) is 7.10. The molecule has 0 atom stereocenters. The van der Waals surface area contributed by atoms with Crippen molar-refractivity contribution in [3.8, 4) is 0 Å². The maximum absolute atomic E-state index is 6.13. The van der Waals surface area contributed by atoms with E-state index in [0.29, 0.717) is 12.5 Å². The van der Waals surface area contributed by atoms with Crippen molar-refractivity contribution >= 4 is 22.4 Å². The lowest BCUT2D eigenvalue weighted by Gasteiger charge is -2.35. The fourth-order valence-electron chi connectivity index (χ4n) is 2.90. The Morgan fingerprint density at radius 2 is 1.96 bits per heavy atom. The van der Waals surface area contributed by atoms with E-state index in [-0.39, 0.29) is 0 Å². The summed E-state index contributed by atoms with van der Waals surface area (Å²) in [6.07, 6.45) is 3.70. The highest BCUT2D eigenvalue weighted by atomic mass is 32.1. The average molecular weight is 374 g/mol. The van der Waals surface area contributed by atoms with Crippen molar-refractivity contribution in [2.75, 3.05) is 50.8 Å². The summed E-state index contributed by atoms with van der Waals surface area (Å²) >= 11 is 1.68. The van der Waals surface area contributed by atoms with E-state index in [4.69, 9.17) is 10.5 Å². The van der Waals surface area contributed by atoms with Crippen molar-refractivity contribution in [2.24, 2.45) is 10.7 Å². The van der Waals surface area contributed by atoms with Crippen LogP contribution in [0.5, 0.6) is 0 Å². The maximum atomic E-state index is 6.13. The van der Waals surface area contributed by atoms with Gasteiger partial charge in [0.05, 0.1) is 6.61 Å². The summed E-state index contributed by atoms with van der Waals surface area (Å²) in [5.74, 6) is 0.646. The van der Waals surface area contributed by atoms with Gasteiger partial charge in [0.1, 0.15) is 0 Å². The van der Waals surface area contributed by atoms with E-state index in [1.807, 2.05) is 17.6 Å². The molecule has 2 aromatic rings. The molecule has 1 saturated heterocycles. The topological polar surface area (TPSA) is 67.0 Å². The molecule has 2 heterocycles. The van der Waals surface area contributed by atoms with Crippen molar-refractivity contribution in [2.45, 2.75) is 12.8 Å². The van der Waals surface area contributed by atoms with Gasteiger partial charge in [0.2, 0.25) is 0 Å². The molecule has 1 aromatic heterocycles. The van der Waals surface area contributed by atoms with Gasteiger partial charge in [-0.15, -0.1) is 11.3 Å². The van der Waals surface area contributed by atoms with Crippen LogP contribution in [0, 0.1) is 0 Å². The molecule has 1 fully saturated rings. The van der Waals surface area contributed by atoms with Crippen LogP contribution in [0.1, 0.15) is 12.0 Å². The first-order valence-electron chi connectivity index (χ1n) is 9.14. The second-order valence-electron chi connectivity index (χ2n) is 6.23. The Kier molecular flexibility index (Phi) is 7.27. The van der Waals surface area contributed by atoms with E-state index in [1.165, 1.54) is 5.56 Å². The number of hydrogen-bond donors (Lipinski definition) is 1. The monoisotopic (exact) mass is 373 g/mol. The molecule has 0 aliphatic carbocycles. The Morgan fingerprint density at radius 3 is 2.69 bits per heavy atom. The van der Waals surface area contributed by atoms with E-state index < -0.39 is 0 Å². The van der Waals surface area contributed by atoms with Gasteiger partial charge in [0.25, 0.3) is 0 Å². The number of thiazole rings is 1. The van der Waals surface area contributed by atoms with Crippen LogP contribution in [-0.2, 0) is 11.2 Å².